The second-order valence-corrected chi connectivity index (χ2v) is 7.07. The molecule has 0 saturated carbocycles. The Morgan fingerprint density at radius 1 is 0.833 bits per heavy atom. The molecule has 0 aliphatic carbocycles. The van der Waals surface area contributed by atoms with Crippen molar-refractivity contribution < 1.29 is 24.5 Å². The van der Waals surface area contributed by atoms with E-state index >= 15 is 0 Å². The summed E-state index contributed by atoms with van der Waals surface area (Å²) in [7, 11) is 0. The Morgan fingerprint density at radius 3 is 1.93 bits per heavy atom. The maximum atomic E-state index is 11.6. The number of hydrogen-bond acceptors (Lipinski definition) is 5. The summed E-state index contributed by atoms with van der Waals surface area (Å²) in [4.78, 5) is 22.6. The molecular weight excluding hydrogens is 380 g/mol. The zero-order chi connectivity index (χ0) is 22.5. The van der Waals surface area contributed by atoms with Gasteiger partial charge in [-0.3, -0.25) is 4.79 Å². The molecule has 2 atom stereocenters. The van der Waals surface area contributed by atoms with E-state index in [-0.39, 0.29) is 0 Å². The molecule has 0 rings (SSSR count). The topological polar surface area (TPSA) is 83.8 Å². The van der Waals surface area contributed by atoms with Crippen LogP contribution in [0.2, 0.25) is 0 Å². The average Bonchev–Trinajstić information content (AvgIpc) is 2.73. The van der Waals surface area contributed by atoms with Crippen molar-refractivity contribution in [2.45, 2.75) is 77.4 Å². The third-order valence-electron chi connectivity index (χ3n) is 4.34. The SMILES string of the molecule is CCCCCCCCCC=CC=CC=CC=CC=CC(=O)OC(CO)C(O)C(C)=O. The number of unbranched alkanes of at least 4 members (excludes halogenated alkanes) is 7. The van der Waals surface area contributed by atoms with Gasteiger partial charge in [0.15, 0.2) is 18.0 Å². The molecule has 0 bridgehead atoms. The Hall–Kier alpha value is -2.24. The zero-order valence-electron chi connectivity index (χ0n) is 18.4. The van der Waals surface area contributed by atoms with Gasteiger partial charge in [-0.15, -0.1) is 0 Å². The van der Waals surface area contributed by atoms with Crippen LogP contribution in [-0.4, -0.2) is 40.8 Å². The lowest BCUT2D eigenvalue weighted by molar-refractivity contribution is -0.155. The summed E-state index contributed by atoms with van der Waals surface area (Å²) < 4.78 is 4.83. The fourth-order valence-corrected chi connectivity index (χ4v) is 2.56. The van der Waals surface area contributed by atoms with Crippen molar-refractivity contribution in [2.75, 3.05) is 6.61 Å². The lowest BCUT2D eigenvalue weighted by Crippen LogP contribution is -2.38. The maximum absolute atomic E-state index is 11.6. The quantitative estimate of drug-likeness (QED) is 0.154. The number of rotatable bonds is 17. The molecular formula is C25H38O5. The van der Waals surface area contributed by atoms with E-state index in [1.165, 1.54) is 51.0 Å². The number of aliphatic hydroxyl groups is 2. The van der Waals surface area contributed by atoms with Crippen LogP contribution < -0.4 is 0 Å². The number of carbonyl (C=O) groups is 2. The summed E-state index contributed by atoms with van der Waals surface area (Å²) in [5, 5.41) is 18.6. The third kappa shape index (κ3) is 16.7. The molecule has 5 nitrogen and oxygen atoms in total. The van der Waals surface area contributed by atoms with E-state index in [2.05, 4.69) is 13.0 Å². The number of hydrogen-bond donors (Lipinski definition) is 2. The van der Waals surface area contributed by atoms with E-state index < -0.39 is 30.6 Å². The molecule has 0 heterocycles. The Balaban J connectivity index is 3.93. The highest BCUT2D eigenvalue weighted by Crippen LogP contribution is 2.08. The Kier molecular flexibility index (Phi) is 18.6. The first-order valence-corrected chi connectivity index (χ1v) is 10.9. The number of Topliss-reactive ketones (excluding diaryl/α,β-unsaturated/α-hetero) is 1. The second-order valence-electron chi connectivity index (χ2n) is 7.07. The molecule has 0 spiro atoms. The van der Waals surface area contributed by atoms with Crippen LogP contribution in [0.4, 0.5) is 0 Å². The smallest absolute Gasteiger partial charge is 0.331 e. The van der Waals surface area contributed by atoms with E-state index in [0.717, 1.165) is 19.4 Å². The van der Waals surface area contributed by atoms with Crippen molar-refractivity contribution in [1.29, 1.82) is 0 Å². The molecule has 0 aromatic rings. The molecule has 0 radical (unpaired) electrons. The summed E-state index contributed by atoms with van der Waals surface area (Å²) in [5.74, 6) is -1.31. The van der Waals surface area contributed by atoms with Gasteiger partial charge in [-0.1, -0.05) is 100 Å². The summed E-state index contributed by atoms with van der Waals surface area (Å²) in [6.07, 6.45) is 25.5. The predicted octanol–water partition coefficient (Wildman–Crippen LogP) is 4.76. The van der Waals surface area contributed by atoms with Gasteiger partial charge in [0, 0.05) is 6.08 Å². The summed E-state index contributed by atoms with van der Waals surface area (Å²) >= 11 is 0. The van der Waals surface area contributed by atoms with Gasteiger partial charge < -0.3 is 14.9 Å². The minimum Gasteiger partial charge on any atom is -0.453 e. The lowest BCUT2D eigenvalue weighted by atomic mass is 10.1. The highest BCUT2D eigenvalue weighted by Gasteiger charge is 2.25. The fourth-order valence-electron chi connectivity index (χ4n) is 2.56. The normalized spacial score (nSPS) is 14.5. The Morgan fingerprint density at radius 2 is 1.37 bits per heavy atom. The molecule has 0 aliphatic heterocycles. The van der Waals surface area contributed by atoms with Crippen LogP contribution in [0.5, 0.6) is 0 Å². The van der Waals surface area contributed by atoms with Crippen LogP contribution in [0, 0.1) is 0 Å². The molecule has 0 fully saturated rings. The lowest BCUT2D eigenvalue weighted by Gasteiger charge is -2.18. The predicted molar refractivity (Wildman–Crippen MR) is 122 cm³/mol. The number of carbonyl (C=O) groups excluding carboxylic acids is 2. The minimum absolute atomic E-state index is 0.573. The van der Waals surface area contributed by atoms with Crippen LogP contribution in [0.15, 0.2) is 60.8 Å². The third-order valence-corrected chi connectivity index (χ3v) is 4.34. The van der Waals surface area contributed by atoms with Crippen LogP contribution in [0.1, 0.15) is 65.2 Å². The number of allylic oxidation sites excluding steroid dienone is 9. The minimum atomic E-state index is -1.53. The van der Waals surface area contributed by atoms with Crippen molar-refractivity contribution in [3.8, 4) is 0 Å². The van der Waals surface area contributed by atoms with Crippen LogP contribution in [-0.2, 0) is 14.3 Å². The molecule has 5 heteroatoms. The molecule has 168 valence electrons. The first-order chi connectivity index (χ1) is 14.5. The molecule has 0 amide bonds. The van der Waals surface area contributed by atoms with Crippen molar-refractivity contribution in [2.24, 2.45) is 0 Å². The van der Waals surface area contributed by atoms with E-state index in [1.54, 1.807) is 12.2 Å². The van der Waals surface area contributed by atoms with Gasteiger partial charge in [-0.25, -0.2) is 4.79 Å². The summed E-state index contributed by atoms with van der Waals surface area (Å²) in [6.45, 7) is 2.77. The maximum Gasteiger partial charge on any atom is 0.331 e. The number of ether oxygens (including phenoxy) is 1. The zero-order valence-corrected chi connectivity index (χ0v) is 18.4. The standard InChI is InChI=1S/C25H38O5/c1-3-4-5-6-7-8-9-10-11-12-13-14-15-16-17-18-19-20-24(28)30-23(21-26)25(29)22(2)27/h11-20,23,25-26,29H,3-10,21H2,1-2H3. The van der Waals surface area contributed by atoms with E-state index in [9.17, 15) is 14.7 Å². The molecule has 30 heavy (non-hydrogen) atoms. The molecule has 2 N–H and O–H groups in total. The first kappa shape index (κ1) is 27.8. The van der Waals surface area contributed by atoms with Crippen LogP contribution in [0.25, 0.3) is 0 Å². The Bertz CT molecular complexity index is 599. The summed E-state index contributed by atoms with van der Waals surface area (Å²) in [5.41, 5.74) is 0. The monoisotopic (exact) mass is 418 g/mol. The molecule has 0 aliphatic rings. The average molecular weight is 419 g/mol. The number of esters is 1. The first-order valence-electron chi connectivity index (χ1n) is 10.9. The number of aliphatic hydroxyl groups excluding tert-OH is 2. The van der Waals surface area contributed by atoms with E-state index in [4.69, 9.17) is 9.84 Å². The van der Waals surface area contributed by atoms with Crippen LogP contribution >= 0.6 is 0 Å². The van der Waals surface area contributed by atoms with Gasteiger partial charge in [0.25, 0.3) is 0 Å². The highest BCUT2D eigenvalue weighted by atomic mass is 16.6. The van der Waals surface area contributed by atoms with Crippen molar-refractivity contribution in [3.05, 3.63) is 60.8 Å². The van der Waals surface area contributed by atoms with E-state index in [0.29, 0.717) is 0 Å². The van der Waals surface area contributed by atoms with Crippen molar-refractivity contribution >= 4 is 11.8 Å². The fraction of sp³-hybridized carbons (Fsp3) is 0.520. The summed E-state index contributed by atoms with van der Waals surface area (Å²) in [6, 6.07) is 0. The van der Waals surface area contributed by atoms with Gasteiger partial charge in [0.1, 0.15) is 0 Å². The molecule has 2 unspecified atom stereocenters. The second kappa shape index (κ2) is 20.0. The van der Waals surface area contributed by atoms with Gasteiger partial charge in [0.05, 0.1) is 6.61 Å². The van der Waals surface area contributed by atoms with E-state index in [1.807, 2.05) is 30.4 Å². The van der Waals surface area contributed by atoms with Gasteiger partial charge in [0.2, 0.25) is 0 Å². The van der Waals surface area contributed by atoms with Crippen molar-refractivity contribution in [1.82, 2.24) is 0 Å². The van der Waals surface area contributed by atoms with Crippen molar-refractivity contribution in [3.63, 3.8) is 0 Å². The highest BCUT2D eigenvalue weighted by molar-refractivity contribution is 5.84. The van der Waals surface area contributed by atoms with Gasteiger partial charge >= 0.3 is 5.97 Å². The molecule has 0 aromatic heterocycles. The molecule has 0 saturated heterocycles. The van der Waals surface area contributed by atoms with Crippen LogP contribution in [0.3, 0.4) is 0 Å². The van der Waals surface area contributed by atoms with Gasteiger partial charge in [-0.05, 0) is 19.8 Å². The molecule has 0 aromatic carbocycles. The van der Waals surface area contributed by atoms with Gasteiger partial charge in [-0.2, -0.15) is 0 Å². The number of ketones is 1. The Labute approximate surface area is 181 Å². The largest absolute Gasteiger partial charge is 0.453 e.